The molecule has 0 radical (unpaired) electrons. The van der Waals surface area contributed by atoms with Crippen LogP contribution < -0.4 is 26.2 Å². The van der Waals surface area contributed by atoms with Crippen molar-refractivity contribution in [3.8, 4) is 5.75 Å². The van der Waals surface area contributed by atoms with Crippen LogP contribution in [0.15, 0.2) is 51.0 Å². The topological polar surface area (TPSA) is 160 Å². The first-order valence-corrected chi connectivity index (χ1v) is 10.6. The Kier molecular flexibility index (Phi) is 8.33. The Morgan fingerprint density at radius 2 is 1.90 bits per heavy atom. The lowest BCUT2D eigenvalue weighted by atomic mass is 10.1. The molecular weight excluding hydrogens is 416 g/mol. The molecule has 12 heteroatoms. The lowest BCUT2D eigenvalue weighted by Gasteiger charge is -2.18. The maximum Gasteiger partial charge on any atom is 0.328 e. The van der Waals surface area contributed by atoms with Gasteiger partial charge in [0.25, 0.3) is 5.56 Å². The minimum Gasteiger partial charge on any atom is -0.497 e. The first-order chi connectivity index (χ1) is 14.2. The number of aryl methyl sites for hydroxylation is 1. The largest absolute Gasteiger partial charge is 0.497 e. The Morgan fingerprint density at radius 3 is 2.50 bits per heavy atom. The summed E-state index contributed by atoms with van der Waals surface area (Å²) in [5.41, 5.74) is 0.480. The third kappa shape index (κ3) is 6.83. The van der Waals surface area contributed by atoms with E-state index in [2.05, 4.69) is 9.71 Å². The molecule has 1 heterocycles. The standard InChI is InChI=1S/C18H24N4O7S/c1-29-14-5-7-15(8-6-14)30(27,28)21-13(12-17(24)20-26)4-2-3-10-22-11-9-16(23)19-18(22)25/h5-9,11,13,21,26H,2-4,10,12H2,1H3,(H,20,24)(H,19,23,25). The Morgan fingerprint density at radius 1 is 1.20 bits per heavy atom. The Hall–Kier alpha value is -2.96. The molecule has 2 rings (SSSR count). The van der Waals surface area contributed by atoms with E-state index in [9.17, 15) is 22.8 Å². The maximum absolute atomic E-state index is 12.6. The van der Waals surface area contributed by atoms with Crippen LogP contribution in [-0.2, 0) is 21.4 Å². The molecule has 0 fully saturated rings. The molecule has 1 aromatic carbocycles. The fraction of sp³-hybridized carbons (Fsp3) is 0.389. The molecule has 164 valence electrons. The summed E-state index contributed by atoms with van der Waals surface area (Å²) in [5.74, 6) is -0.225. The Bertz CT molecular complexity index is 1060. The number of hydroxylamine groups is 1. The van der Waals surface area contributed by atoms with E-state index < -0.39 is 33.2 Å². The quantitative estimate of drug-likeness (QED) is 0.217. The monoisotopic (exact) mass is 440 g/mol. The molecule has 30 heavy (non-hydrogen) atoms. The number of nitrogens with zero attached hydrogens (tertiary/aromatic N) is 1. The molecule has 0 bridgehead atoms. The number of methoxy groups -OCH3 is 1. The number of hydrogen-bond donors (Lipinski definition) is 4. The van der Waals surface area contributed by atoms with Crippen molar-refractivity contribution in [2.45, 2.75) is 43.2 Å². The van der Waals surface area contributed by atoms with Crippen molar-refractivity contribution in [3.63, 3.8) is 0 Å². The molecule has 1 aromatic heterocycles. The van der Waals surface area contributed by atoms with Gasteiger partial charge in [0.1, 0.15) is 5.75 Å². The molecule has 0 aliphatic heterocycles. The number of rotatable bonds is 11. The normalized spacial score (nSPS) is 12.3. The van der Waals surface area contributed by atoms with Gasteiger partial charge < -0.3 is 9.30 Å². The molecule has 0 spiro atoms. The molecular formula is C18H24N4O7S. The zero-order chi connectivity index (χ0) is 22.1. The summed E-state index contributed by atoms with van der Waals surface area (Å²) >= 11 is 0. The first-order valence-electron chi connectivity index (χ1n) is 9.14. The van der Waals surface area contributed by atoms with Crippen LogP contribution >= 0.6 is 0 Å². The van der Waals surface area contributed by atoms with Crippen molar-refractivity contribution in [2.24, 2.45) is 0 Å². The zero-order valence-corrected chi connectivity index (χ0v) is 17.1. The van der Waals surface area contributed by atoms with E-state index in [1.165, 1.54) is 53.7 Å². The molecule has 2 aromatic rings. The number of unbranched alkanes of at least 4 members (excludes halogenated alkanes) is 1. The predicted molar refractivity (Wildman–Crippen MR) is 107 cm³/mol. The SMILES string of the molecule is COc1ccc(S(=O)(=O)NC(CCCCn2ccc(=O)[nH]c2=O)CC(=O)NO)cc1. The van der Waals surface area contributed by atoms with Gasteiger partial charge in [0.15, 0.2) is 0 Å². The van der Waals surface area contributed by atoms with Crippen molar-refractivity contribution >= 4 is 15.9 Å². The Balaban J connectivity index is 2.00. The molecule has 0 saturated carbocycles. The molecule has 0 aliphatic carbocycles. The molecule has 1 unspecified atom stereocenters. The fourth-order valence-electron chi connectivity index (χ4n) is 2.81. The average molecular weight is 440 g/mol. The summed E-state index contributed by atoms with van der Waals surface area (Å²) in [6.45, 7) is 0.319. The van der Waals surface area contributed by atoms with Gasteiger partial charge in [-0.25, -0.2) is 23.4 Å². The van der Waals surface area contributed by atoms with Gasteiger partial charge in [-0.2, -0.15) is 0 Å². The van der Waals surface area contributed by atoms with E-state index in [0.717, 1.165) is 0 Å². The van der Waals surface area contributed by atoms with Crippen LogP contribution in [0.5, 0.6) is 5.75 Å². The van der Waals surface area contributed by atoms with E-state index in [1.807, 2.05) is 0 Å². The average Bonchev–Trinajstić information content (AvgIpc) is 2.72. The second-order valence-electron chi connectivity index (χ2n) is 6.53. The van der Waals surface area contributed by atoms with E-state index in [-0.39, 0.29) is 11.3 Å². The summed E-state index contributed by atoms with van der Waals surface area (Å²) in [4.78, 5) is 36.5. The van der Waals surface area contributed by atoms with Crippen LogP contribution in [0, 0.1) is 0 Å². The van der Waals surface area contributed by atoms with Crippen LogP contribution in [0.2, 0.25) is 0 Å². The molecule has 11 nitrogen and oxygen atoms in total. The van der Waals surface area contributed by atoms with E-state index in [0.29, 0.717) is 31.6 Å². The van der Waals surface area contributed by atoms with E-state index in [4.69, 9.17) is 9.94 Å². The second-order valence-corrected chi connectivity index (χ2v) is 8.25. The van der Waals surface area contributed by atoms with Gasteiger partial charge in [0.2, 0.25) is 15.9 Å². The Labute approximate surface area is 172 Å². The van der Waals surface area contributed by atoms with E-state index >= 15 is 0 Å². The number of benzene rings is 1. The minimum absolute atomic E-state index is 0.0116. The molecule has 0 aliphatic rings. The molecule has 1 atom stereocenters. The van der Waals surface area contributed by atoms with Gasteiger partial charge in [0.05, 0.1) is 12.0 Å². The third-order valence-corrected chi connectivity index (χ3v) is 5.88. The maximum atomic E-state index is 12.6. The van der Waals surface area contributed by atoms with Crippen LogP contribution in [0.3, 0.4) is 0 Å². The van der Waals surface area contributed by atoms with Gasteiger partial charge in [-0.05, 0) is 37.1 Å². The highest BCUT2D eigenvalue weighted by Gasteiger charge is 2.22. The highest BCUT2D eigenvalue weighted by atomic mass is 32.2. The first kappa shape index (κ1) is 23.3. The van der Waals surface area contributed by atoms with Crippen molar-refractivity contribution in [1.29, 1.82) is 0 Å². The van der Waals surface area contributed by atoms with Gasteiger partial charge >= 0.3 is 5.69 Å². The second kappa shape index (κ2) is 10.7. The number of aromatic amines is 1. The van der Waals surface area contributed by atoms with Crippen LogP contribution in [-0.4, -0.2) is 42.2 Å². The number of aromatic nitrogens is 2. The lowest BCUT2D eigenvalue weighted by molar-refractivity contribution is -0.129. The van der Waals surface area contributed by atoms with Crippen molar-refractivity contribution in [3.05, 3.63) is 57.4 Å². The number of hydrogen-bond acceptors (Lipinski definition) is 7. The summed E-state index contributed by atoms with van der Waals surface area (Å²) in [5, 5.41) is 8.77. The summed E-state index contributed by atoms with van der Waals surface area (Å²) in [7, 11) is -2.44. The molecule has 0 saturated heterocycles. The van der Waals surface area contributed by atoms with Gasteiger partial charge in [-0.1, -0.05) is 6.42 Å². The smallest absolute Gasteiger partial charge is 0.328 e. The number of sulfonamides is 1. The fourth-order valence-corrected chi connectivity index (χ4v) is 4.08. The van der Waals surface area contributed by atoms with Crippen molar-refractivity contribution < 1.29 is 23.2 Å². The summed E-state index contributed by atoms with van der Waals surface area (Å²) in [6, 6.07) is 6.24. The summed E-state index contributed by atoms with van der Waals surface area (Å²) in [6.07, 6.45) is 2.41. The minimum atomic E-state index is -3.90. The number of H-pyrrole nitrogens is 1. The summed E-state index contributed by atoms with van der Waals surface area (Å²) < 4.78 is 34.0. The number of nitrogens with one attached hydrogen (secondary N) is 3. The van der Waals surface area contributed by atoms with Gasteiger partial charge in [-0.3, -0.25) is 19.8 Å². The predicted octanol–water partition coefficient (Wildman–Crippen LogP) is -0.0419. The number of ether oxygens (including phenoxy) is 1. The highest BCUT2D eigenvalue weighted by molar-refractivity contribution is 7.89. The number of amides is 1. The number of carbonyl (C=O) groups excluding carboxylic acids is 1. The van der Waals surface area contributed by atoms with E-state index in [1.54, 1.807) is 0 Å². The van der Waals surface area contributed by atoms with Crippen molar-refractivity contribution in [2.75, 3.05) is 7.11 Å². The lowest BCUT2D eigenvalue weighted by Crippen LogP contribution is -2.38. The van der Waals surface area contributed by atoms with Crippen LogP contribution in [0.25, 0.3) is 0 Å². The molecule has 1 amide bonds. The van der Waals surface area contributed by atoms with Gasteiger partial charge in [0, 0.05) is 31.3 Å². The van der Waals surface area contributed by atoms with Gasteiger partial charge in [-0.15, -0.1) is 0 Å². The van der Waals surface area contributed by atoms with Crippen molar-refractivity contribution in [1.82, 2.24) is 19.8 Å². The zero-order valence-electron chi connectivity index (χ0n) is 16.3. The van der Waals surface area contributed by atoms with Crippen LogP contribution in [0.4, 0.5) is 0 Å². The molecule has 4 N–H and O–H groups in total. The number of carbonyl (C=O) groups is 1. The highest BCUT2D eigenvalue weighted by Crippen LogP contribution is 2.17. The third-order valence-electron chi connectivity index (χ3n) is 4.35. The van der Waals surface area contributed by atoms with Crippen LogP contribution in [0.1, 0.15) is 25.7 Å².